The Balaban J connectivity index is 1.43. The van der Waals surface area contributed by atoms with Gasteiger partial charge < -0.3 is 15.1 Å². The Kier molecular flexibility index (Phi) is 5.60. The maximum Gasteiger partial charge on any atom is 0.225 e. The number of pyridine rings is 1. The molecule has 1 aliphatic heterocycles. The second-order valence-electron chi connectivity index (χ2n) is 7.59. The molecule has 0 atom stereocenters. The first-order valence-corrected chi connectivity index (χ1v) is 10.1. The van der Waals surface area contributed by atoms with Gasteiger partial charge in [-0.25, -0.2) is 4.98 Å². The Morgan fingerprint density at radius 3 is 2.38 bits per heavy atom. The number of aryl methyl sites for hydroxylation is 2. The van der Waals surface area contributed by atoms with Crippen LogP contribution in [0.1, 0.15) is 22.4 Å². The third-order valence-corrected chi connectivity index (χ3v) is 5.56. The number of hydrogen-bond donors (Lipinski definition) is 1. The highest BCUT2D eigenvalue weighted by Crippen LogP contribution is 2.25. The topological polar surface area (TPSA) is 57.2 Å². The van der Waals surface area contributed by atoms with Gasteiger partial charge in [-0.3, -0.25) is 4.98 Å². The Morgan fingerprint density at radius 2 is 1.62 bits per heavy atom. The molecule has 1 saturated heterocycles. The fourth-order valence-corrected chi connectivity index (χ4v) is 3.73. The third kappa shape index (κ3) is 4.47. The van der Waals surface area contributed by atoms with E-state index in [1.165, 1.54) is 16.8 Å². The Hall–Kier alpha value is -3.15. The summed E-state index contributed by atoms with van der Waals surface area (Å²) in [6.07, 6.45) is 3.60. The van der Waals surface area contributed by atoms with Gasteiger partial charge in [-0.15, -0.1) is 0 Å². The van der Waals surface area contributed by atoms with Crippen LogP contribution in [0.5, 0.6) is 0 Å². The highest BCUT2D eigenvalue weighted by atomic mass is 15.3. The van der Waals surface area contributed by atoms with Gasteiger partial charge in [-0.2, -0.15) is 4.98 Å². The number of hydrogen-bond acceptors (Lipinski definition) is 6. The molecular weight excluding hydrogens is 360 g/mol. The molecule has 0 radical (unpaired) electrons. The quantitative estimate of drug-likeness (QED) is 0.719. The SMILES string of the molecule is Cc1cc(N2CCN(c3cccc(C)c3C)CC2)nc(NCc2ccncc2)n1. The van der Waals surface area contributed by atoms with Gasteiger partial charge in [0, 0.05) is 62.6 Å². The Labute approximate surface area is 172 Å². The molecule has 0 unspecified atom stereocenters. The van der Waals surface area contributed by atoms with Crippen LogP contribution >= 0.6 is 0 Å². The molecule has 0 aliphatic carbocycles. The van der Waals surface area contributed by atoms with Crippen molar-refractivity contribution in [2.45, 2.75) is 27.3 Å². The van der Waals surface area contributed by atoms with Crippen molar-refractivity contribution in [2.24, 2.45) is 0 Å². The molecular formula is C23H28N6. The zero-order valence-electron chi connectivity index (χ0n) is 17.4. The first kappa shape index (κ1) is 19.2. The summed E-state index contributed by atoms with van der Waals surface area (Å²) in [7, 11) is 0. The van der Waals surface area contributed by atoms with Crippen molar-refractivity contribution < 1.29 is 0 Å². The second kappa shape index (κ2) is 8.47. The van der Waals surface area contributed by atoms with Crippen molar-refractivity contribution in [3.8, 4) is 0 Å². The maximum absolute atomic E-state index is 4.77. The molecule has 6 nitrogen and oxygen atoms in total. The molecule has 2 aromatic heterocycles. The fraction of sp³-hybridized carbons (Fsp3) is 0.348. The summed E-state index contributed by atoms with van der Waals surface area (Å²) in [5, 5.41) is 3.34. The van der Waals surface area contributed by atoms with Crippen LogP contribution in [0.25, 0.3) is 0 Å². The van der Waals surface area contributed by atoms with Crippen LogP contribution in [-0.2, 0) is 6.54 Å². The lowest BCUT2D eigenvalue weighted by molar-refractivity contribution is 0.645. The van der Waals surface area contributed by atoms with E-state index in [-0.39, 0.29) is 0 Å². The highest BCUT2D eigenvalue weighted by Gasteiger charge is 2.20. The predicted octanol–water partition coefficient (Wildman–Crippen LogP) is 3.74. The third-order valence-electron chi connectivity index (χ3n) is 5.56. The van der Waals surface area contributed by atoms with Crippen LogP contribution in [0.4, 0.5) is 17.5 Å². The van der Waals surface area contributed by atoms with Crippen LogP contribution in [0.2, 0.25) is 0 Å². The molecule has 1 aromatic carbocycles. The van der Waals surface area contributed by atoms with Crippen LogP contribution < -0.4 is 15.1 Å². The minimum absolute atomic E-state index is 0.675. The van der Waals surface area contributed by atoms with E-state index in [1.54, 1.807) is 12.4 Å². The average Bonchev–Trinajstić information content (AvgIpc) is 2.75. The summed E-state index contributed by atoms with van der Waals surface area (Å²) in [5.74, 6) is 1.67. The van der Waals surface area contributed by atoms with Gasteiger partial charge >= 0.3 is 0 Å². The summed E-state index contributed by atoms with van der Waals surface area (Å²) < 4.78 is 0. The van der Waals surface area contributed by atoms with Crippen molar-refractivity contribution in [1.82, 2.24) is 15.0 Å². The molecule has 3 heterocycles. The van der Waals surface area contributed by atoms with Crippen molar-refractivity contribution in [3.63, 3.8) is 0 Å². The molecule has 0 bridgehead atoms. The van der Waals surface area contributed by atoms with Gasteiger partial charge in [-0.1, -0.05) is 12.1 Å². The number of nitrogens with zero attached hydrogens (tertiary/aromatic N) is 5. The first-order chi connectivity index (χ1) is 14.1. The molecule has 3 aromatic rings. The molecule has 1 fully saturated rings. The van der Waals surface area contributed by atoms with E-state index in [0.29, 0.717) is 12.5 Å². The Morgan fingerprint density at radius 1 is 0.897 bits per heavy atom. The van der Waals surface area contributed by atoms with Crippen molar-refractivity contribution in [3.05, 3.63) is 71.2 Å². The summed E-state index contributed by atoms with van der Waals surface area (Å²) >= 11 is 0. The lowest BCUT2D eigenvalue weighted by atomic mass is 10.1. The number of piperazine rings is 1. The normalized spacial score (nSPS) is 14.2. The molecule has 0 saturated carbocycles. The zero-order valence-corrected chi connectivity index (χ0v) is 17.4. The molecule has 6 heteroatoms. The number of nitrogens with one attached hydrogen (secondary N) is 1. The predicted molar refractivity (Wildman–Crippen MR) is 119 cm³/mol. The minimum atomic E-state index is 0.675. The van der Waals surface area contributed by atoms with Crippen molar-refractivity contribution >= 4 is 17.5 Å². The zero-order chi connectivity index (χ0) is 20.2. The van der Waals surface area contributed by atoms with Gasteiger partial charge in [0.25, 0.3) is 0 Å². The minimum Gasteiger partial charge on any atom is -0.368 e. The van der Waals surface area contributed by atoms with Gasteiger partial charge in [-0.05, 0) is 55.7 Å². The molecule has 150 valence electrons. The highest BCUT2D eigenvalue weighted by molar-refractivity contribution is 5.57. The van der Waals surface area contributed by atoms with Gasteiger partial charge in [0.2, 0.25) is 5.95 Å². The van der Waals surface area contributed by atoms with E-state index >= 15 is 0 Å². The van der Waals surface area contributed by atoms with E-state index in [1.807, 2.05) is 19.1 Å². The smallest absolute Gasteiger partial charge is 0.225 e. The largest absolute Gasteiger partial charge is 0.368 e. The summed E-state index contributed by atoms with van der Waals surface area (Å²) in [6.45, 7) is 11.0. The standard InChI is InChI=1S/C23H28N6/c1-17-5-4-6-21(19(17)3)28-11-13-29(14-12-28)22-15-18(2)26-23(27-22)25-16-20-7-9-24-10-8-20/h4-10,15H,11-14,16H2,1-3H3,(H,25,26,27). The van der Waals surface area contributed by atoms with Gasteiger partial charge in [0.1, 0.15) is 5.82 Å². The van der Waals surface area contributed by atoms with Crippen LogP contribution in [-0.4, -0.2) is 41.1 Å². The number of benzene rings is 1. The molecule has 1 aliphatic rings. The lowest BCUT2D eigenvalue weighted by Gasteiger charge is -2.37. The second-order valence-corrected chi connectivity index (χ2v) is 7.59. The number of rotatable bonds is 5. The Bertz CT molecular complexity index is 964. The summed E-state index contributed by atoms with van der Waals surface area (Å²) in [6, 6.07) is 12.6. The molecule has 4 rings (SSSR count). The number of anilines is 3. The molecule has 29 heavy (non-hydrogen) atoms. The van der Waals surface area contributed by atoms with E-state index in [2.05, 4.69) is 63.2 Å². The monoisotopic (exact) mass is 388 g/mol. The van der Waals surface area contributed by atoms with E-state index < -0.39 is 0 Å². The molecule has 1 N–H and O–H groups in total. The van der Waals surface area contributed by atoms with Gasteiger partial charge in [0.15, 0.2) is 0 Å². The van der Waals surface area contributed by atoms with Crippen molar-refractivity contribution in [1.29, 1.82) is 0 Å². The van der Waals surface area contributed by atoms with E-state index in [4.69, 9.17) is 4.98 Å². The average molecular weight is 389 g/mol. The fourth-order valence-electron chi connectivity index (χ4n) is 3.73. The van der Waals surface area contributed by atoms with Crippen LogP contribution in [0.15, 0.2) is 48.8 Å². The molecule has 0 amide bonds. The first-order valence-electron chi connectivity index (χ1n) is 10.1. The van der Waals surface area contributed by atoms with E-state index in [9.17, 15) is 0 Å². The summed E-state index contributed by atoms with van der Waals surface area (Å²) in [5.41, 5.74) is 6.21. The number of aromatic nitrogens is 3. The van der Waals surface area contributed by atoms with Crippen LogP contribution in [0.3, 0.4) is 0 Å². The van der Waals surface area contributed by atoms with E-state index in [0.717, 1.165) is 43.3 Å². The van der Waals surface area contributed by atoms with Gasteiger partial charge in [0.05, 0.1) is 0 Å². The maximum atomic E-state index is 4.77. The van der Waals surface area contributed by atoms with Crippen LogP contribution in [0, 0.1) is 20.8 Å². The molecule has 0 spiro atoms. The summed E-state index contributed by atoms with van der Waals surface area (Å²) in [4.78, 5) is 18.2. The lowest BCUT2D eigenvalue weighted by Crippen LogP contribution is -2.47. The van der Waals surface area contributed by atoms with Crippen molar-refractivity contribution in [2.75, 3.05) is 41.3 Å².